The number of halogens is 1. The number of hydrogen-bond acceptors (Lipinski definition) is 4. The zero-order valence-corrected chi connectivity index (χ0v) is 11.0. The molecule has 0 aromatic heterocycles. The number of fused-ring (bicyclic) bond motifs is 1. The van der Waals surface area contributed by atoms with Gasteiger partial charge in [0.05, 0.1) is 17.2 Å². The van der Waals surface area contributed by atoms with E-state index in [0.29, 0.717) is 24.4 Å². The molecule has 1 aliphatic heterocycles. The van der Waals surface area contributed by atoms with Crippen LogP contribution in [0.3, 0.4) is 0 Å². The minimum absolute atomic E-state index is 0.00672. The number of rotatable bonds is 2. The Morgan fingerprint density at radius 3 is 2.67 bits per heavy atom. The number of aliphatic imine (C=N–C) groups is 1. The van der Waals surface area contributed by atoms with Gasteiger partial charge in [0.25, 0.3) is 5.69 Å². The maximum absolute atomic E-state index is 13.1. The van der Waals surface area contributed by atoms with E-state index in [1.54, 1.807) is 18.2 Å². The standard InChI is InChI=1S/C15H12FN3O2/c16-11-3-1-10(2-4-11)15-13-9-12(19(20)21)5-6-14(13)17-7-8-18-15/h1-6,9,17H,7-8H2. The summed E-state index contributed by atoms with van der Waals surface area (Å²) in [6, 6.07) is 10.6. The fraction of sp³-hybridized carbons (Fsp3) is 0.133. The van der Waals surface area contributed by atoms with Crippen LogP contribution in [0.5, 0.6) is 0 Å². The predicted octanol–water partition coefficient (Wildman–Crippen LogP) is 3.00. The number of non-ortho nitro benzene ring substituents is 1. The van der Waals surface area contributed by atoms with Crippen LogP contribution in [0, 0.1) is 15.9 Å². The number of nitro benzene ring substituents is 1. The highest BCUT2D eigenvalue weighted by Crippen LogP contribution is 2.26. The first-order chi connectivity index (χ1) is 10.1. The highest BCUT2D eigenvalue weighted by molar-refractivity contribution is 6.16. The molecular weight excluding hydrogens is 273 g/mol. The van der Waals surface area contributed by atoms with Gasteiger partial charge in [-0.15, -0.1) is 0 Å². The van der Waals surface area contributed by atoms with Crippen LogP contribution in [0.2, 0.25) is 0 Å². The van der Waals surface area contributed by atoms with Gasteiger partial charge in [-0.25, -0.2) is 4.39 Å². The highest BCUT2D eigenvalue weighted by atomic mass is 19.1. The Morgan fingerprint density at radius 2 is 1.95 bits per heavy atom. The van der Waals surface area contributed by atoms with Crippen LogP contribution in [0.25, 0.3) is 0 Å². The molecule has 0 unspecified atom stereocenters. The molecule has 106 valence electrons. The van der Waals surface area contributed by atoms with E-state index in [0.717, 1.165) is 11.3 Å². The second-order valence-corrected chi connectivity index (χ2v) is 4.65. The molecule has 2 aromatic rings. The van der Waals surface area contributed by atoms with E-state index in [9.17, 15) is 14.5 Å². The number of nitrogens with zero attached hydrogens (tertiary/aromatic N) is 2. The number of nitro groups is 1. The van der Waals surface area contributed by atoms with Crippen molar-refractivity contribution < 1.29 is 9.31 Å². The molecule has 0 bridgehead atoms. The van der Waals surface area contributed by atoms with Gasteiger partial charge in [0.2, 0.25) is 0 Å². The van der Waals surface area contributed by atoms with Gasteiger partial charge in [0.15, 0.2) is 0 Å². The smallest absolute Gasteiger partial charge is 0.270 e. The van der Waals surface area contributed by atoms with E-state index >= 15 is 0 Å². The maximum Gasteiger partial charge on any atom is 0.270 e. The van der Waals surface area contributed by atoms with E-state index in [4.69, 9.17) is 0 Å². The molecule has 5 nitrogen and oxygen atoms in total. The third-order valence-corrected chi connectivity index (χ3v) is 3.28. The van der Waals surface area contributed by atoms with Crippen molar-refractivity contribution in [3.05, 3.63) is 69.5 Å². The average molecular weight is 285 g/mol. The normalized spacial score (nSPS) is 13.7. The molecule has 0 atom stereocenters. The first kappa shape index (κ1) is 13.2. The van der Waals surface area contributed by atoms with Gasteiger partial charge >= 0.3 is 0 Å². The summed E-state index contributed by atoms with van der Waals surface area (Å²) >= 11 is 0. The number of benzodiazepines with no additional fused rings is 1. The maximum atomic E-state index is 13.1. The lowest BCUT2D eigenvalue weighted by molar-refractivity contribution is -0.384. The van der Waals surface area contributed by atoms with Gasteiger partial charge in [-0.1, -0.05) is 0 Å². The summed E-state index contributed by atoms with van der Waals surface area (Å²) in [4.78, 5) is 15.0. The summed E-state index contributed by atoms with van der Waals surface area (Å²) in [5.41, 5.74) is 2.84. The molecule has 0 radical (unpaired) electrons. The van der Waals surface area contributed by atoms with Crippen LogP contribution in [-0.4, -0.2) is 23.7 Å². The first-order valence-electron chi connectivity index (χ1n) is 6.48. The fourth-order valence-electron chi connectivity index (χ4n) is 2.29. The number of anilines is 1. The Bertz CT molecular complexity index is 726. The summed E-state index contributed by atoms with van der Waals surface area (Å²) in [6.45, 7) is 1.20. The van der Waals surface area contributed by atoms with E-state index in [2.05, 4.69) is 10.3 Å². The highest BCUT2D eigenvalue weighted by Gasteiger charge is 2.18. The van der Waals surface area contributed by atoms with Crippen molar-refractivity contribution in [1.29, 1.82) is 0 Å². The molecule has 1 aliphatic rings. The van der Waals surface area contributed by atoms with Crippen molar-refractivity contribution in [3.8, 4) is 0 Å². The molecule has 21 heavy (non-hydrogen) atoms. The van der Waals surface area contributed by atoms with E-state index in [1.807, 2.05) is 0 Å². The predicted molar refractivity (Wildman–Crippen MR) is 78.5 cm³/mol. The Morgan fingerprint density at radius 1 is 1.19 bits per heavy atom. The lowest BCUT2D eigenvalue weighted by Gasteiger charge is -2.10. The second kappa shape index (κ2) is 5.32. The Hall–Kier alpha value is -2.76. The molecule has 1 N–H and O–H groups in total. The van der Waals surface area contributed by atoms with Gasteiger partial charge in [-0.2, -0.15) is 0 Å². The molecule has 3 rings (SSSR count). The molecule has 1 heterocycles. The zero-order chi connectivity index (χ0) is 14.8. The average Bonchev–Trinajstić information content (AvgIpc) is 2.69. The van der Waals surface area contributed by atoms with Crippen molar-refractivity contribution in [2.24, 2.45) is 4.99 Å². The summed E-state index contributed by atoms with van der Waals surface area (Å²) < 4.78 is 13.1. The van der Waals surface area contributed by atoms with Crippen molar-refractivity contribution in [3.63, 3.8) is 0 Å². The lowest BCUT2D eigenvalue weighted by Crippen LogP contribution is -2.06. The lowest BCUT2D eigenvalue weighted by atomic mass is 10.00. The van der Waals surface area contributed by atoms with Gasteiger partial charge in [0, 0.05) is 35.5 Å². The van der Waals surface area contributed by atoms with Crippen LogP contribution in [0.4, 0.5) is 15.8 Å². The SMILES string of the molecule is O=[N+]([O-])c1ccc2c(c1)C(c1ccc(F)cc1)=NCCN2. The number of benzene rings is 2. The monoisotopic (exact) mass is 285 g/mol. The molecule has 0 amide bonds. The zero-order valence-electron chi connectivity index (χ0n) is 11.0. The summed E-state index contributed by atoms with van der Waals surface area (Å²) in [5.74, 6) is -0.328. The van der Waals surface area contributed by atoms with E-state index in [1.165, 1.54) is 24.3 Å². The van der Waals surface area contributed by atoms with Crippen molar-refractivity contribution in [1.82, 2.24) is 0 Å². The summed E-state index contributed by atoms with van der Waals surface area (Å²) in [7, 11) is 0. The third-order valence-electron chi connectivity index (χ3n) is 3.28. The van der Waals surface area contributed by atoms with Crippen LogP contribution in [0.15, 0.2) is 47.5 Å². The number of nitrogens with one attached hydrogen (secondary N) is 1. The first-order valence-corrected chi connectivity index (χ1v) is 6.48. The fourth-order valence-corrected chi connectivity index (χ4v) is 2.29. The van der Waals surface area contributed by atoms with Crippen molar-refractivity contribution in [2.45, 2.75) is 0 Å². The minimum atomic E-state index is -0.437. The van der Waals surface area contributed by atoms with Crippen molar-refractivity contribution in [2.75, 3.05) is 18.4 Å². The van der Waals surface area contributed by atoms with E-state index in [-0.39, 0.29) is 11.5 Å². The van der Waals surface area contributed by atoms with Crippen LogP contribution < -0.4 is 5.32 Å². The Kier molecular flexibility index (Phi) is 3.35. The van der Waals surface area contributed by atoms with Crippen LogP contribution in [0.1, 0.15) is 11.1 Å². The molecule has 0 fully saturated rings. The summed E-state index contributed by atoms with van der Waals surface area (Å²) in [6.07, 6.45) is 0. The molecule has 2 aromatic carbocycles. The summed E-state index contributed by atoms with van der Waals surface area (Å²) in [5, 5.41) is 14.1. The molecule has 0 saturated heterocycles. The molecule has 0 spiro atoms. The third kappa shape index (κ3) is 2.60. The van der Waals surface area contributed by atoms with Gasteiger partial charge < -0.3 is 5.32 Å². The van der Waals surface area contributed by atoms with Gasteiger partial charge in [0.1, 0.15) is 5.82 Å². The second-order valence-electron chi connectivity index (χ2n) is 4.65. The number of hydrogen-bond donors (Lipinski definition) is 1. The quantitative estimate of drug-likeness (QED) is 0.681. The largest absolute Gasteiger partial charge is 0.383 e. The van der Waals surface area contributed by atoms with Gasteiger partial charge in [-0.05, 0) is 30.3 Å². The Labute approximate surface area is 120 Å². The van der Waals surface area contributed by atoms with Crippen molar-refractivity contribution >= 4 is 17.1 Å². The molecule has 0 aliphatic carbocycles. The minimum Gasteiger partial charge on any atom is -0.383 e. The molecular formula is C15H12FN3O2. The molecule has 0 saturated carbocycles. The Balaban J connectivity index is 2.14. The van der Waals surface area contributed by atoms with E-state index < -0.39 is 4.92 Å². The van der Waals surface area contributed by atoms with Crippen LogP contribution in [-0.2, 0) is 0 Å². The van der Waals surface area contributed by atoms with Crippen LogP contribution >= 0.6 is 0 Å². The van der Waals surface area contributed by atoms with Gasteiger partial charge in [-0.3, -0.25) is 15.1 Å². The molecule has 6 heteroatoms. The topological polar surface area (TPSA) is 67.5 Å².